The number of carboxylic acid groups (broad SMARTS) is 1. The summed E-state index contributed by atoms with van der Waals surface area (Å²) in [6, 6.07) is 0. The summed E-state index contributed by atoms with van der Waals surface area (Å²) in [6.45, 7) is 3.34. The number of carbonyl (C=O) groups excluding carboxylic acids is 2. The summed E-state index contributed by atoms with van der Waals surface area (Å²) in [5, 5.41) is 12.3. The molecule has 9 heteroatoms. The number of carbonyl (C=O) groups is 3. The monoisotopic (exact) mass is 338 g/mol. The molecule has 2 aliphatic heterocycles. The predicted octanol–water partition coefficient (Wildman–Crippen LogP) is 0.986. The van der Waals surface area contributed by atoms with Crippen molar-refractivity contribution in [3.63, 3.8) is 0 Å². The minimum absolute atomic E-state index is 0.0364. The van der Waals surface area contributed by atoms with Crippen LogP contribution in [0.1, 0.15) is 23.9 Å². The normalized spacial score (nSPS) is 20.3. The van der Waals surface area contributed by atoms with Crippen LogP contribution >= 0.6 is 11.3 Å². The van der Waals surface area contributed by atoms with Crippen molar-refractivity contribution in [3.05, 3.63) is 10.6 Å². The molecular formula is C14H18N4O4S. The van der Waals surface area contributed by atoms with Crippen LogP contribution in [-0.2, 0) is 22.6 Å². The molecule has 2 N–H and O–H groups in total. The smallest absolute Gasteiger partial charge is 0.407 e. The molecule has 0 spiro atoms. The van der Waals surface area contributed by atoms with Crippen LogP contribution in [0.25, 0.3) is 0 Å². The Balaban J connectivity index is 1.62. The maximum atomic E-state index is 12.2. The second kappa shape index (κ2) is 6.15. The third-order valence-corrected chi connectivity index (χ3v) is 5.23. The van der Waals surface area contributed by atoms with Gasteiger partial charge in [0.1, 0.15) is 0 Å². The van der Waals surface area contributed by atoms with Crippen molar-refractivity contribution in [2.45, 2.75) is 26.3 Å². The number of hydrogen-bond donors (Lipinski definition) is 2. The van der Waals surface area contributed by atoms with E-state index >= 15 is 0 Å². The number of fused-ring (bicyclic) bond motifs is 1. The van der Waals surface area contributed by atoms with Crippen LogP contribution in [0.2, 0.25) is 0 Å². The Morgan fingerprint density at radius 1 is 1.30 bits per heavy atom. The molecule has 1 aromatic rings. The molecule has 124 valence electrons. The highest BCUT2D eigenvalue weighted by Crippen LogP contribution is 2.29. The van der Waals surface area contributed by atoms with Crippen LogP contribution in [0.3, 0.4) is 0 Å². The lowest BCUT2D eigenvalue weighted by Crippen LogP contribution is -2.33. The van der Waals surface area contributed by atoms with Gasteiger partial charge in [-0.3, -0.25) is 9.59 Å². The van der Waals surface area contributed by atoms with Gasteiger partial charge in [0.2, 0.25) is 11.8 Å². The van der Waals surface area contributed by atoms with Gasteiger partial charge in [-0.25, -0.2) is 9.78 Å². The maximum absolute atomic E-state index is 12.2. The summed E-state index contributed by atoms with van der Waals surface area (Å²) in [6.07, 6.45) is 0.230. The number of hydrogen-bond acceptors (Lipinski definition) is 5. The number of thiazole rings is 1. The first-order valence-electron chi connectivity index (χ1n) is 7.47. The van der Waals surface area contributed by atoms with E-state index in [1.54, 1.807) is 11.8 Å². The molecule has 0 radical (unpaired) electrons. The average Bonchev–Trinajstić information content (AvgIpc) is 3.12. The highest BCUT2D eigenvalue weighted by Gasteiger charge is 2.31. The molecule has 2 aliphatic rings. The molecule has 0 saturated carbocycles. The van der Waals surface area contributed by atoms with Gasteiger partial charge in [0.15, 0.2) is 5.13 Å². The fourth-order valence-corrected chi connectivity index (χ4v) is 3.90. The second-order valence-corrected chi connectivity index (χ2v) is 6.87. The van der Waals surface area contributed by atoms with Gasteiger partial charge in [-0.05, 0) is 6.42 Å². The predicted molar refractivity (Wildman–Crippen MR) is 83.2 cm³/mol. The molecule has 3 heterocycles. The molecule has 3 amide bonds. The van der Waals surface area contributed by atoms with E-state index in [0.29, 0.717) is 37.6 Å². The van der Waals surface area contributed by atoms with Crippen molar-refractivity contribution in [1.82, 2.24) is 14.8 Å². The largest absolute Gasteiger partial charge is 0.465 e. The Labute approximate surface area is 137 Å². The van der Waals surface area contributed by atoms with E-state index in [1.165, 1.54) is 16.2 Å². The van der Waals surface area contributed by atoms with Gasteiger partial charge in [0, 0.05) is 37.9 Å². The number of nitrogens with zero attached hydrogens (tertiary/aromatic N) is 3. The van der Waals surface area contributed by atoms with Crippen LogP contribution in [-0.4, -0.2) is 57.4 Å². The van der Waals surface area contributed by atoms with Gasteiger partial charge >= 0.3 is 6.09 Å². The molecule has 1 saturated heterocycles. The first-order valence-corrected chi connectivity index (χ1v) is 8.28. The van der Waals surface area contributed by atoms with E-state index < -0.39 is 6.09 Å². The van der Waals surface area contributed by atoms with E-state index in [-0.39, 0.29) is 24.3 Å². The Bertz CT molecular complexity index is 659. The Hall–Kier alpha value is -2.16. The molecule has 8 nitrogen and oxygen atoms in total. The average molecular weight is 338 g/mol. The van der Waals surface area contributed by atoms with Crippen molar-refractivity contribution in [1.29, 1.82) is 0 Å². The van der Waals surface area contributed by atoms with Crippen LogP contribution in [0.5, 0.6) is 0 Å². The van der Waals surface area contributed by atoms with Gasteiger partial charge in [0.25, 0.3) is 0 Å². The van der Waals surface area contributed by atoms with E-state index in [2.05, 4.69) is 10.3 Å². The standard InChI is InChI=1S/C14H18N4O4S/c1-8(19)17-5-3-10-11(7-17)23-13(15-10)16-12(20)9-2-4-18(6-9)14(21)22/h9H,2-7H2,1H3,(H,21,22)(H,15,16,20). The highest BCUT2D eigenvalue weighted by molar-refractivity contribution is 7.15. The van der Waals surface area contributed by atoms with Gasteiger partial charge in [-0.15, -0.1) is 0 Å². The summed E-state index contributed by atoms with van der Waals surface area (Å²) in [4.78, 5) is 43.0. The second-order valence-electron chi connectivity index (χ2n) is 5.78. The first kappa shape index (κ1) is 15.7. The molecule has 0 aliphatic carbocycles. The van der Waals surface area contributed by atoms with Crippen molar-refractivity contribution in [3.8, 4) is 0 Å². The lowest BCUT2D eigenvalue weighted by atomic mass is 10.1. The van der Waals surface area contributed by atoms with Crippen LogP contribution in [0.4, 0.5) is 9.93 Å². The van der Waals surface area contributed by atoms with Gasteiger partial charge in [0.05, 0.1) is 18.2 Å². The third-order valence-electron chi connectivity index (χ3n) is 4.24. The topological polar surface area (TPSA) is 103 Å². The lowest BCUT2D eigenvalue weighted by molar-refractivity contribution is -0.129. The van der Waals surface area contributed by atoms with Gasteiger partial charge in [-0.2, -0.15) is 0 Å². The highest BCUT2D eigenvalue weighted by atomic mass is 32.1. The van der Waals surface area contributed by atoms with Gasteiger partial charge in [-0.1, -0.05) is 11.3 Å². The SMILES string of the molecule is CC(=O)N1CCc2nc(NC(=O)C3CCN(C(=O)O)C3)sc2C1. The number of rotatable bonds is 2. The fraction of sp³-hybridized carbons (Fsp3) is 0.571. The molecular weight excluding hydrogens is 320 g/mol. The van der Waals surface area contributed by atoms with Crippen LogP contribution < -0.4 is 5.32 Å². The summed E-state index contributed by atoms with van der Waals surface area (Å²) < 4.78 is 0. The molecule has 1 atom stereocenters. The van der Waals surface area contributed by atoms with Crippen molar-refractivity contribution in [2.24, 2.45) is 5.92 Å². The summed E-state index contributed by atoms with van der Waals surface area (Å²) >= 11 is 1.38. The molecule has 0 aromatic carbocycles. The first-order chi connectivity index (χ1) is 10.9. The zero-order chi connectivity index (χ0) is 16.6. The third kappa shape index (κ3) is 3.29. The molecule has 0 bridgehead atoms. The number of nitrogens with one attached hydrogen (secondary N) is 1. The molecule has 23 heavy (non-hydrogen) atoms. The Morgan fingerprint density at radius 3 is 2.74 bits per heavy atom. The van der Waals surface area contributed by atoms with E-state index in [9.17, 15) is 14.4 Å². The van der Waals surface area contributed by atoms with Crippen LogP contribution in [0, 0.1) is 5.92 Å². The maximum Gasteiger partial charge on any atom is 0.407 e. The summed E-state index contributed by atoms with van der Waals surface area (Å²) in [7, 11) is 0. The lowest BCUT2D eigenvalue weighted by Gasteiger charge is -2.24. The van der Waals surface area contributed by atoms with E-state index in [4.69, 9.17) is 5.11 Å². The van der Waals surface area contributed by atoms with E-state index in [0.717, 1.165) is 10.6 Å². The minimum atomic E-state index is -0.991. The zero-order valence-corrected chi connectivity index (χ0v) is 13.6. The molecule has 1 aromatic heterocycles. The number of likely N-dealkylation sites (tertiary alicyclic amines) is 1. The Kier molecular flexibility index (Phi) is 4.20. The quantitative estimate of drug-likeness (QED) is 0.837. The minimum Gasteiger partial charge on any atom is -0.465 e. The van der Waals surface area contributed by atoms with Crippen molar-refractivity contribution in [2.75, 3.05) is 25.0 Å². The number of amides is 3. The fourth-order valence-electron chi connectivity index (χ4n) is 2.87. The van der Waals surface area contributed by atoms with Crippen molar-refractivity contribution >= 4 is 34.4 Å². The molecule has 1 fully saturated rings. The summed E-state index contributed by atoms with van der Waals surface area (Å²) in [5.41, 5.74) is 0.932. The number of aromatic nitrogens is 1. The zero-order valence-electron chi connectivity index (χ0n) is 12.7. The number of anilines is 1. The summed E-state index contributed by atoms with van der Waals surface area (Å²) in [5.74, 6) is -0.488. The Morgan fingerprint density at radius 2 is 2.09 bits per heavy atom. The molecule has 3 rings (SSSR count). The van der Waals surface area contributed by atoms with Crippen molar-refractivity contribution < 1.29 is 19.5 Å². The van der Waals surface area contributed by atoms with Gasteiger partial charge < -0.3 is 20.2 Å². The molecule has 1 unspecified atom stereocenters. The van der Waals surface area contributed by atoms with E-state index in [1.807, 2.05) is 0 Å². The van der Waals surface area contributed by atoms with Crippen LogP contribution in [0.15, 0.2) is 0 Å².